The summed E-state index contributed by atoms with van der Waals surface area (Å²) < 4.78 is 32.0. The van der Waals surface area contributed by atoms with Crippen LogP contribution < -0.4 is 10.5 Å². The van der Waals surface area contributed by atoms with Crippen LogP contribution in [0.25, 0.3) is 16.6 Å². The summed E-state index contributed by atoms with van der Waals surface area (Å²) in [4.78, 5) is 44.7. The molecule has 0 spiro atoms. The topological polar surface area (TPSA) is 125 Å². The van der Waals surface area contributed by atoms with Crippen molar-refractivity contribution in [2.24, 2.45) is 5.73 Å². The number of benzene rings is 2. The normalized spacial score (nSPS) is 13.6. The Hall–Kier alpha value is -4.61. The third-order valence-electron chi connectivity index (χ3n) is 7.65. The van der Waals surface area contributed by atoms with Crippen molar-refractivity contribution in [2.45, 2.75) is 26.7 Å². The van der Waals surface area contributed by atoms with E-state index in [1.165, 1.54) is 12.1 Å². The first-order chi connectivity index (χ1) is 21.3. The number of morpholine rings is 1. The molecular formula is C33H35FN4O6. The molecule has 2 aromatic carbocycles. The molecule has 230 valence electrons. The molecule has 0 bridgehead atoms. The first-order valence-corrected chi connectivity index (χ1v) is 14.6. The molecule has 0 unspecified atom stereocenters. The minimum atomic E-state index is -1.11. The van der Waals surface area contributed by atoms with Crippen LogP contribution in [-0.2, 0) is 31.9 Å². The monoisotopic (exact) mass is 602 g/mol. The number of amides is 1. The van der Waals surface area contributed by atoms with Crippen molar-refractivity contribution < 1.29 is 33.0 Å². The molecule has 1 aliphatic heterocycles. The lowest BCUT2D eigenvalue weighted by Gasteiger charge is -2.26. The zero-order chi connectivity index (χ0) is 31.2. The third-order valence-corrected chi connectivity index (χ3v) is 7.65. The second-order valence-corrected chi connectivity index (χ2v) is 10.6. The molecule has 1 aliphatic rings. The van der Waals surface area contributed by atoms with E-state index in [9.17, 15) is 18.8 Å². The molecule has 0 radical (unpaired) electrons. The summed E-state index contributed by atoms with van der Waals surface area (Å²) in [7, 11) is 0. The van der Waals surface area contributed by atoms with E-state index in [0.29, 0.717) is 43.9 Å². The first-order valence-electron chi connectivity index (χ1n) is 14.6. The lowest BCUT2D eigenvalue weighted by molar-refractivity contribution is -0.146. The van der Waals surface area contributed by atoms with Crippen molar-refractivity contribution in [3.8, 4) is 17.0 Å². The minimum Gasteiger partial charge on any atom is -0.464 e. The fraction of sp³-hybridized carbons (Fsp3) is 0.333. The van der Waals surface area contributed by atoms with Crippen LogP contribution in [-0.4, -0.2) is 78.0 Å². The maximum Gasteiger partial charge on any atom is 0.344 e. The Morgan fingerprint density at radius 3 is 2.50 bits per heavy atom. The Balaban J connectivity index is 1.49. The zero-order valence-corrected chi connectivity index (χ0v) is 24.8. The zero-order valence-electron chi connectivity index (χ0n) is 24.8. The van der Waals surface area contributed by atoms with Crippen molar-refractivity contribution in [3.63, 3.8) is 0 Å². The molecule has 3 heterocycles. The highest BCUT2D eigenvalue weighted by atomic mass is 19.1. The van der Waals surface area contributed by atoms with Gasteiger partial charge in [0.15, 0.2) is 6.61 Å². The fourth-order valence-corrected chi connectivity index (χ4v) is 5.56. The van der Waals surface area contributed by atoms with Gasteiger partial charge in [0.05, 0.1) is 24.5 Å². The van der Waals surface area contributed by atoms with Crippen molar-refractivity contribution in [1.29, 1.82) is 0 Å². The van der Waals surface area contributed by atoms with Crippen LogP contribution in [0, 0.1) is 12.7 Å². The number of nitrogens with two attached hydrogens (primary N) is 1. The summed E-state index contributed by atoms with van der Waals surface area (Å²) in [5.41, 5.74) is 10.4. The minimum absolute atomic E-state index is 0.0208. The Morgan fingerprint density at radius 1 is 1.07 bits per heavy atom. The highest BCUT2D eigenvalue weighted by molar-refractivity contribution is 6.44. The number of ketones is 1. The second kappa shape index (κ2) is 13.8. The summed E-state index contributed by atoms with van der Waals surface area (Å²) in [6.45, 7) is 6.85. The quantitative estimate of drug-likeness (QED) is 0.148. The molecule has 1 saturated heterocycles. The number of fused-ring (bicyclic) bond motifs is 1. The molecule has 10 nitrogen and oxygen atoms in total. The Labute approximate surface area is 254 Å². The van der Waals surface area contributed by atoms with E-state index in [-0.39, 0.29) is 29.4 Å². The van der Waals surface area contributed by atoms with Gasteiger partial charge in [0.1, 0.15) is 17.9 Å². The molecule has 1 amide bonds. The van der Waals surface area contributed by atoms with E-state index in [1.54, 1.807) is 29.7 Å². The molecule has 44 heavy (non-hydrogen) atoms. The van der Waals surface area contributed by atoms with Crippen LogP contribution >= 0.6 is 0 Å². The number of hydrogen-bond donors (Lipinski definition) is 1. The van der Waals surface area contributed by atoms with Gasteiger partial charge in [-0.1, -0.05) is 43.3 Å². The predicted molar refractivity (Wildman–Crippen MR) is 161 cm³/mol. The Morgan fingerprint density at radius 2 is 1.80 bits per heavy atom. The summed E-state index contributed by atoms with van der Waals surface area (Å²) in [5.74, 6) is -2.88. The largest absolute Gasteiger partial charge is 0.464 e. The average Bonchev–Trinajstić information content (AvgIpc) is 3.33. The van der Waals surface area contributed by atoms with Gasteiger partial charge in [-0.25, -0.2) is 14.2 Å². The molecule has 5 rings (SSSR count). The number of carbonyl (C=O) groups is 3. The summed E-state index contributed by atoms with van der Waals surface area (Å²) in [5, 5.41) is 0. The van der Waals surface area contributed by atoms with Crippen LogP contribution in [0.2, 0.25) is 0 Å². The Bertz CT molecular complexity index is 1680. The number of halogens is 1. The Kier molecular flexibility index (Phi) is 9.66. The van der Waals surface area contributed by atoms with Gasteiger partial charge < -0.3 is 24.3 Å². The fourth-order valence-electron chi connectivity index (χ4n) is 5.56. The van der Waals surface area contributed by atoms with Crippen LogP contribution in [0.3, 0.4) is 0 Å². The van der Waals surface area contributed by atoms with E-state index >= 15 is 0 Å². The van der Waals surface area contributed by atoms with Gasteiger partial charge in [-0.3, -0.25) is 14.5 Å². The van der Waals surface area contributed by atoms with E-state index < -0.39 is 24.3 Å². The predicted octanol–water partition coefficient (Wildman–Crippen LogP) is 3.52. The summed E-state index contributed by atoms with van der Waals surface area (Å²) >= 11 is 0. The molecule has 2 aromatic heterocycles. The van der Waals surface area contributed by atoms with Crippen LogP contribution in [0.4, 0.5) is 4.39 Å². The summed E-state index contributed by atoms with van der Waals surface area (Å²) in [6.07, 6.45) is 2.54. The van der Waals surface area contributed by atoms with Gasteiger partial charge >= 0.3 is 5.97 Å². The number of aryl methyl sites for hydroxylation is 1. The number of primary amides is 1. The van der Waals surface area contributed by atoms with Crippen molar-refractivity contribution in [1.82, 2.24) is 14.3 Å². The number of nitrogens with zero attached hydrogens (tertiary/aromatic N) is 3. The number of hydrogen-bond acceptors (Lipinski definition) is 8. The lowest BCUT2D eigenvalue weighted by Crippen LogP contribution is -2.38. The first kappa shape index (κ1) is 30.8. The van der Waals surface area contributed by atoms with Gasteiger partial charge in [0, 0.05) is 37.9 Å². The molecule has 0 aliphatic carbocycles. The number of rotatable bonds is 12. The van der Waals surface area contributed by atoms with Gasteiger partial charge in [-0.15, -0.1) is 0 Å². The second-order valence-electron chi connectivity index (χ2n) is 10.6. The van der Waals surface area contributed by atoms with Crippen LogP contribution in [0.15, 0.2) is 54.7 Å². The number of esters is 1. The standard InChI is InChI=1S/C33H35FN4O6/c1-3-25-27(18-23-6-4-5-7-26(23)22-8-10-24(34)11-9-22)38-19-21(2)36-33(30(38)29(25)31(40)32(35)41)44-20-28(39)43-17-14-37-12-15-42-16-13-37/h4-11,19H,3,12-18,20H2,1-2H3,(H2,35,41). The van der Waals surface area contributed by atoms with Crippen molar-refractivity contribution >= 4 is 23.2 Å². The van der Waals surface area contributed by atoms with E-state index in [4.69, 9.17) is 19.9 Å². The molecule has 1 fully saturated rings. The molecule has 4 aromatic rings. The lowest BCUT2D eigenvalue weighted by atomic mass is 9.94. The van der Waals surface area contributed by atoms with Gasteiger partial charge in [-0.05, 0) is 47.7 Å². The van der Waals surface area contributed by atoms with E-state index in [0.717, 1.165) is 35.5 Å². The third kappa shape index (κ3) is 6.79. The van der Waals surface area contributed by atoms with Gasteiger partial charge in [0.2, 0.25) is 5.88 Å². The van der Waals surface area contributed by atoms with E-state index in [1.807, 2.05) is 31.2 Å². The molecular weight excluding hydrogens is 567 g/mol. The number of ether oxygens (including phenoxy) is 3. The highest BCUT2D eigenvalue weighted by Gasteiger charge is 2.29. The van der Waals surface area contributed by atoms with Crippen LogP contribution in [0.1, 0.15) is 39.8 Å². The smallest absolute Gasteiger partial charge is 0.344 e. The average molecular weight is 603 g/mol. The summed E-state index contributed by atoms with van der Waals surface area (Å²) in [6, 6.07) is 14.0. The molecule has 11 heteroatoms. The molecule has 0 saturated carbocycles. The molecule has 0 atom stereocenters. The van der Waals surface area contributed by atoms with E-state index in [2.05, 4.69) is 9.88 Å². The number of aromatic nitrogens is 2. The van der Waals surface area contributed by atoms with Crippen molar-refractivity contribution in [3.05, 3.63) is 88.6 Å². The number of carbonyl (C=O) groups excluding carboxylic acids is 3. The maximum absolute atomic E-state index is 13.7. The maximum atomic E-state index is 13.7. The highest BCUT2D eigenvalue weighted by Crippen LogP contribution is 2.34. The molecule has 2 N–H and O–H groups in total. The van der Waals surface area contributed by atoms with Gasteiger partial charge in [0.25, 0.3) is 11.7 Å². The SMILES string of the molecule is CCc1c(C(=O)C(N)=O)c2c(OCC(=O)OCCN3CCOCC3)nc(C)cn2c1Cc1ccccc1-c1ccc(F)cc1. The number of Topliss-reactive ketones (excluding diaryl/α,β-unsaturated/α-hetero) is 1. The van der Waals surface area contributed by atoms with Crippen molar-refractivity contribution in [2.75, 3.05) is 46.1 Å². The van der Waals surface area contributed by atoms with Gasteiger partial charge in [-0.2, -0.15) is 0 Å². The van der Waals surface area contributed by atoms with Crippen LogP contribution in [0.5, 0.6) is 5.88 Å².